The number of halogens is 3. The van der Waals surface area contributed by atoms with Gasteiger partial charge in [0, 0.05) is 23.2 Å². The summed E-state index contributed by atoms with van der Waals surface area (Å²) in [7, 11) is 0. The van der Waals surface area contributed by atoms with Gasteiger partial charge in [0.2, 0.25) is 5.88 Å². The van der Waals surface area contributed by atoms with Gasteiger partial charge < -0.3 is 4.74 Å². The summed E-state index contributed by atoms with van der Waals surface area (Å²) in [6.07, 6.45) is 1.53. The number of rotatable bonds is 3. The third-order valence-electron chi connectivity index (χ3n) is 2.41. The topological polar surface area (TPSA) is 22.1 Å². The minimum absolute atomic E-state index is 0.317. The molecule has 0 spiro atoms. The first-order valence-corrected chi connectivity index (χ1v) is 6.53. The fourth-order valence-electron chi connectivity index (χ4n) is 1.42. The van der Waals surface area contributed by atoms with Gasteiger partial charge in [-0.15, -0.1) is 11.6 Å². The van der Waals surface area contributed by atoms with Gasteiger partial charge in [-0.05, 0) is 36.2 Å². The Morgan fingerprint density at radius 2 is 1.94 bits per heavy atom. The molecule has 2 aromatic rings. The molecule has 0 bridgehead atoms. The molecule has 0 aliphatic carbocycles. The second-order valence-corrected chi connectivity index (χ2v) is 4.84. The van der Waals surface area contributed by atoms with E-state index in [9.17, 15) is 0 Å². The van der Waals surface area contributed by atoms with Crippen molar-refractivity contribution in [1.82, 2.24) is 4.98 Å². The maximum atomic E-state index is 5.95. The van der Waals surface area contributed by atoms with E-state index in [0.717, 1.165) is 11.1 Å². The van der Waals surface area contributed by atoms with Crippen LogP contribution in [0.5, 0.6) is 11.6 Å². The number of hydrogen-bond acceptors (Lipinski definition) is 2. The largest absolute Gasteiger partial charge is 0.439 e. The van der Waals surface area contributed by atoms with Crippen LogP contribution in [0.15, 0.2) is 30.5 Å². The van der Waals surface area contributed by atoms with E-state index in [1.54, 1.807) is 18.2 Å². The Kier molecular flexibility index (Phi) is 4.33. The van der Waals surface area contributed by atoms with Crippen molar-refractivity contribution in [2.24, 2.45) is 0 Å². The van der Waals surface area contributed by atoms with Gasteiger partial charge in [-0.1, -0.05) is 23.2 Å². The average molecular weight is 303 g/mol. The zero-order valence-electron chi connectivity index (χ0n) is 9.58. The number of aryl methyl sites for hydroxylation is 1. The van der Waals surface area contributed by atoms with Gasteiger partial charge in [-0.25, -0.2) is 4.98 Å². The van der Waals surface area contributed by atoms with Crippen molar-refractivity contribution in [3.05, 3.63) is 51.6 Å². The van der Waals surface area contributed by atoms with Crippen LogP contribution in [0.1, 0.15) is 11.1 Å². The maximum absolute atomic E-state index is 5.95. The molecule has 0 saturated carbocycles. The number of nitrogens with zero attached hydrogens (tertiary/aromatic N) is 1. The maximum Gasteiger partial charge on any atom is 0.219 e. The quantitative estimate of drug-likeness (QED) is 0.724. The molecule has 2 nitrogen and oxygen atoms in total. The number of hydrogen-bond donors (Lipinski definition) is 0. The molecule has 94 valence electrons. The summed E-state index contributed by atoms with van der Waals surface area (Å²) in [5.74, 6) is 1.45. The Balaban J connectivity index is 2.25. The summed E-state index contributed by atoms with van der Waals surface area (Å²) in [6, 6.07) is 7.13. The van der Waals surface area contributed by atoms with E-state index in [1.807, 2.05) is 13.0 Å². The molecule has 0 aliphatic heterocycles. The van der Waals surface area contributed by atoms with Crippen LogP contribution >= 0.6 is 34.8 Å². The summed E-state index contributed by atoms with van der Waals surface area (Å²) in [5, 5.41) is 1.23. The lowest BCUT2D eigenvalue weighted by Crippen LogP contribution is -1.91. The van der Waals surface area contributed by atoms with Crippen LogP contribution in [0.2, 0.25) is 10.0 Å². The van der Waals surface area contributed by atoms with Crippen molar-refractivity contribution in [3.63, 3.8) is 0 Å². The summed E-state index contributed by atoms with van der Waals surface area (Å²) < 4.78 is 5.62. The fourth-order valence-corrected chi connectivity index (χ4v) is 2.00. The Morgan fingerprint density at radius 3 is 2.61 bits per heavy atom. The van der Waals surface area contributed by atoms with Crippen LogP contribution in [0.4, 0.5) is 0 Å². The molecule has 0 amide bonds. The van der Waals surface area contributed by atoms with Gasteiger partial charge in [-0.3, -0.25) is 0 Å². The van der Waals surface area contributed by atoms with Crippen molar-refractivity contribution in [3.8, 4) is 11.6 Å². The highest BCUT2D eigenvalue weighted by Crippen LogP contribution is 2.27. The summed E-state index contributed by atoms with van der Waals surface area (Å²) in [5.41, 5.74) is 1.73. The van der Waals surface area contributed by atoms with E-state index in [1.165, 1.54) is 6.20 Å². The molecule has 0 saturated heterocycles. The number of pyridine rings is 1. The highest BCUT2D eigenvalue weighted by atomic mass is 35.5. The minimum Gasteiger partial charge on any atom is -0.439 e. The normalized spacial score (nSPS) is 10.4. The number of alkyl halides is 1. The second kappa shape index (κ2) is 5.79. The smallest absolute Gasteiger partial charge is 0.219 e. The fraction of sp³-hybridized carbons (Fsp3) is 0.154. The van der Waals surface area contributed by atoms with Crippen molar-refractivity contribution >= 4 is 34.8 Å². The first-order valence-electron chi connectivity index (χ1n) is 5.24. The third-order valence-corrected chi connectivity index (χ3v) is 3.46. The average Bonchev–Trinajstić information content (AvgIpc) is 2.36. The lowest BCUT2D eigenvalue weighted by atomic mass is 10.2. The van der Waals surface area contributed by atoms with Crippen molar-refractivity contribution in [2.45, 2.75) is 12.8 Å². The molecule has 0 N–H and O–H groups in total. The molecule has 18 heavy (non-hydrogen) atoms. The third kappa shape index (κ3) is 3.08. The van der Waals surface area contributed by atoms with Gasteiger partial charge in [0.15, 0.2) is 0 Å². The first kappa shape index (κ1) is 13.5. The van der Waals surface area contributed by atoms with E-state index in [-0.39, 0.29) is 0 Å². The van der Waals surface area contributed by atoms with Crippen LogP contribution < -0.4 is 4.74 Å². The van der Waals surface area contributed by atoms with E-state index < -0.39 is 0 Å². The Hall–Kier alpha value is -0.960. The van der Waals surface area contributed by atoms with Crippen LogP contribution in [0, 0.1) is 6.92 Å². The number of ether oxygens (including phenoxy) is 1. The van der Waals surface area contributed by atoms with Crippen LogP contribution in [-0.4, -0.2) is 4.98 Å². The van der Waals surface area contributed by atoms with Crippen LogP contribution in [0.3, 0.4) is 0 Å². The summed E-state index contributed by atoms with van der Waals surface area (Å²) >= 11 is 17.6. The summed E-state index contributed by atoms with van der Waals surface area (Å²) in [4.78, 5) is 4.09. The zero-order chi connectivity index (χ0) is 13.1. The Labute approximate surface area is 120 Å². The van der Waals surface area contributed by atoms with Gasteiger partial charge >= 0.3 is 0 Å². The minimum atomic E-state index is 0.317. The van der Waals surface area contributed by atoms with Gasteiger partial charge in [-0.2, -0.15) is 0 Å². The summed E-state index contributed by atoms with van der Waals surface area (Å²) in [6.45, 7) is 1.91. The van der Waals surface area contributed by atoms with Gasteiger partial charge in [0.25, 0.3) is 0 Å². The molecule has 0 aliphatic rings. The molecular weight excluding hydrogens is 293 g/mol. The molecular formula is C13H10Cl3NO. The van der Waals surface area contributed by atoms with Crippen molar-refractivity contribution < 1.29 is 4.74 Å². The molecule has 5 heteroatoms. The lowest BCUT2D eigenvalue weighted by molar-refractivity contribution is 0.462. The van der Waals surface area contributed by atoms with Crippen molar-refractivity contribution in [2.75, 3.05) is 0 Å². The number of aromatic nitrogens is 1. The van der Waals surface area contributed by atoms with Crippen LogP contribution in [-0.2, 0) is 5.88 Å². The highest BCUT2D eigenvalue weighted by molar-refractivity contribution is 6.32. The lowest BCUT2D eigenvalue weighted by Gasteiger charge is -2.08. The van der Waals surface area contributed by atoms with Gasteiger partial charge in [0.1, 0.15) is 5.75 Å². The van der Waals surface area contributed by atoms with E-state index in [0.29, 0.717) is 27.6 Å². The van der Waals surface area contributed by atoms with E-state index in [2.05, 4.69) is 4.98 Å². The zero-order valence-corrected chi connectivity index (χ0v) is 11.9. The highest BCUT2D eigenvalue weighted by Gasteiger charge is 2.05. The first-order chi connectivity index (χ1) is 8.60. The molecule has 0 atom stereocenters. The molecule has 1 aromatic heterocycles. The van der Waals surface area contributed by atoms with E-state index in [4.69, 9.17) is 39.5 Å². The predicted octanol–water partition coefficient (Wildman–Crippen LogP) is 5.23. The monoisotopic (exact) mass is 301 g/mol. The molecule has 0 radical (unpaired) electrons. The number of benzene rings is 1. The van der Waals surface area contributed by atoms with E-state index >= 15 is 0 Å². The SMILES string of the molecule is Cc1cc(Oc2cc(CCl)c(Cl)cn2)ccc1Cl. The second-order valence-electron chi connectivity index (χ2n) is 3.76. The molecule has 0 fully saturated rings. The van der Waals surface area contributed by atoms with Gasteiger partial charge in [0.05, 0.1) is 5.02 Å². The standard InChI is InChI=1S/C13H10Cl3NO/c1-8-4-10(2-3-11(8)15)18-13-5-9(6-14)12(16)7-17-13/h2-5,7H,6H2,1H3. The molecule has 2 rings (SSSR count). The Bertz CT molecular complexity index is 572. The molecule has 0 unspecified atom stereocenters. The molecule has 1 aromatic carbocycles. The van der Waals surface area contributed by atoms with Crippen LogP contribution in [0.25, 0.3) is 0 Å². The Morgan fingerprint density at radius 1 is 1.17 bits per heavy atom. The molecule has 1 heterocycles. The van der Waals surface area contributed by atoms with Crippen molar-refractivity contribution in [1.29, 1.82) is 0 Å². The predicted molar refractivity (Wildman–Crippen MR) is 75.1 cm³/mol.